The van der Waals surface area contributed by atoms with Crippen molar-refractivity contribution in [3.05, 3.63) is 65.2 Å². The van der Waals surface area contributed by atoms with E-state index in [1.54, 1.807) is 7.11 Å². The molecule has 0 bridgehead atoms. The van der Waals surface area contributed by atoms with Crippen LogP contribution in [-0.2, 0) is 28.9 Å². The van der Waals surface area contributed by atoms with Crippen molar-refractivity contribution < 1.29 is 13.2 Å². The largest absolute Gasteiger partial charge is 0.497 e. The van der Waals surface area contributed by atoms with Crippen molar-refractivity contribution >= 4 is 10.0 Å². The quantitative estimate of drug-likeness (QED) is 0.720. The van der Waals surface area contributed by atoms with Crippen LogP contribution >= 0.6 is 0 Å². The van der Waals surface area contributed by atoms with Gasteiger partial charge in [-0.05, 0) is 42.7 Å². The molecule has 0 aliphatic heterocycles. The van der Waals surface area contributed by atoms with Gasteiger partial charge in [0.25, 0.3) is 0 Å². The van der Waals surface area contributed by atoms with Gasteiger partial charge < -0.3 is 10.1 Å². The third-order valence-electron chi connectivity index (χ3n) is 3.61. The van der Waals surface area contributed by atoms with E-state index in [0.29, 0.717) is 0 Å². The molecule has 5 nitrogen and oxygen atoms in total. The SMILES string of the molecule is COc1ccc(CNCc2ccc(CS(=O)(=O)NC(C)C)cc2)cc1. The van der Waals surface area contributed by atoms with Gasteiger partial charge in [0.1, 0.15) is 5.75 Å². The Balaban J connectivity index is 1.83. The van der Waals surface area contributed by atoms with Crippen molar-refractivity contribution in [3.8, 4) is 5.75 Å². The Morgan fingerprint density at radius 2 is 1.36 bits per heavy atom. The second-order valence-electron chi connectivity index (χ2n) is 6.30. The van der Waals surface area contributed by atoms with Gasteiger partial charge in [-0.15, -0.1) is 0 Å². The van der Waals surface area contributed by atoms with Gasteiger partial charge in [0.05, 0.1) is 12.9 Å². The molecule has 0 aliphatic carbocycles. The van der Waals surface area contributed by atoms with Crippen LogP contribution in [0.1, 0.15) is 30.5 Å². The molecule has 0 radical (unpaired) electrons. The monoisotopic (exact) mass is 362 g/mol. The van der Waals surface area contributed by atoms with Gasteiger partial charge in [0.2, 0.25) is 10.0 Å². The van der Waals surface area contributed by atoms with Gasteiger partial charge >= 0.3 is 0 Å². The number of benzene rings is 2. The number of rotatable bonds is 9. The molecule has 2 N–H and O–H groups in total. The first-order chi connectivity index (χ1) is 11.9. The number of nitrogens with one attached hydrogen (secondary N) is 2. The van der Waals surface area contributed by atoms with Crippen LogP contribution in [0.4, 0.5) is 0 Å². The average Bonchev–Trinajstić information content (AvgIpc) is 2.55. The fourth-order valence-corrected chi connectivity index (χ4v) is 3.90. The molecular weight excluding hydrogens is 336 g/mol. The minimum atomic E-state index is -3.28. The molecule has 6 heteroatoms. The molecule has 0 heterocycles. The first-order valence-corrected chi connectivity index (χ1v) is 9.94. The van der Waals surface area contributed by atoms with E-state index in [1.807, 2.05) is 62.4 Å². The Kier molecular flexibility index (Phi) is 6.99. The zero-order chi connectivity index (χ0) is 18.3. The smallest absolute Gasteiger partial charge is 0.216 e. The fourth-order valence-electron chi connectivity index (χ4n) is 2.47. The normalized spacial score (nSPS) is 11.7. The maximum Gasteiger partial charge on any atom is 0.216 e. The van der Waals surface area contributed by atoms with Gasteiger partial charge in [-0.2, -0.15) is 0 Å². The van der Waals surface area contributed by atoms with Gasteiger partial charge in [-0.3, -0.25) is 0 Å². The molecule has 0 unspecified atom stereocenters. The van der Waals surface area contributed by atoms with Gasteiger partial charge in [-0.25, -0.2) is 13.1 Å². The highest BCUT2D eigenvalue weighted by molar-refractivity contribution is 7.88. The topological polar surface area (TPSA) is 67.4 Å². The van der Waals surface area contributed by atoms with E-state index in [1.165, 1.54) is 5.56 Å². The Morgan fingerprint density at radius 1 is 0.880 bits per heavy atom. The summed E-state index contributed by atoms with van der Waals surface area (Å²) in [6.07, 6.45) is 0. The van der Waals surface area contributed by atoms with E-state index in [4.69, 9.17) is 4.74 Å². The van der Waals surface area contributed by atoms with E-state index < -0.39 is 10.0 Å². The minimum absolute atomic E-state index is 0.00470. The van der Waals surface area contributed by atoms with Gasteiger partial charge in [0, 0.05) is 19.1 Å². The lowest BCUT2D eigenvalue weighted by atomic mass is 10.1. The summed E-state index contributed by atoms with van der Waals surface area (Å²) in [5, 5.41) is 3.38. The maximum atomic E-state index is 11.9. The highest BCUT2D eigenvalue weighted by atomic mass is 32.2. The van der Waals surface area contributed by atoms with E-state index in [-0.39, 0.29) is 11.8 Å². The number of methoxy groups -OCH3 is 1. The third-order valence-corrected chi connectivity index (χ3v) is 5.16. The second-order valence-corrected chi connectivity index (χ2v) is 8.05. The predicted molar refractivity (Wildman–Crippen MR) is 101 cm³/mol. The standard InChI is InChI=1S/C19H26N2O3S/c1-15(2)21-25(22,23)14-18-6-4-16(5-7-18)12-20-13-17-8-10-19(24-3)11-9-17/h4-11,15,20-21H,12-14H2,1-3H3. The Labute approximate surface area is 150 Å². The van der Waals surface area contributed by atoms with Crippen molar-refractivity contribution in [2.75, 3.05) is 7.11 Å². The van der Waals surface area contributed by atoms with E-state index in [2.05, 4.69) is 10.0 Å². The Morgan fingerprint density at radius 3 is 1.84 bits per heavy atom. The van der Waals surface area contributed by atoms with Crippen LogP contribution in [0.2, 0.25) is 0 Å². The maximum absolute atomic E-state index is 11.9. The number of ether oxygens (including phenoxy) is 1. The predicted octanol–water partition coefficient (Wildman–Crippen LogP) is 2.81. The number of hydrogen-bond donors (Lipinski definition) is 2. The van der Waals surface area contributed by atoms with Gasteiger partial charge in [-0.1, -0.05) is 36.4 Å². The highest BCUT2D eigenvalue weighted by Gasteiger charge is 2.12. The van der Waals surface area contributed by atoms with E-state index >= 15 is 0 Å². The number of hydrogen-bond acceptors (Lipinski definition) is 4. The zero-order valence-corrected chi connectivity index (χ0v) is 15.8. The van der Waals surface area contributed by atoms with Crippen LogP contribution < -0.4 is 14.8 Å². The van der Waals surface area contributed by atoms with Crippen molar-refractivity contribution in [2.45, 2.75) is 38.7 Å². The molecular formula is C19H26N2O3S. The van der Waals surface area contributed by atoms with E-state index in [0.717, 1.165) is 30.0 Å². The van der Waals surface area contributed by atoms with Crippen LogP contribution in [0, 0.1) is 0 Å². The minimum Gasteiger partial charge on any atom is -0.497 e. The van der Waals surface area contributed by atoms with Crippen LogP contribution in [0.3, 0.4) is 0 Å². The molecule has 0 aliphatic rings. The lowest BCUT2D eigenvalue weighted by molar-refractivity contribution is 0.414. The summed E-state index contributed by atoms with van der Waals surface area (Å²) in [6, 6.07) is 15.5. The van der Waals surface area contributed by atoms with Crippen molar-refractivity contribution in [1.82, 2.24) is 10.0 Å². The molecule has 2 aromatic rings. The summed E-state index contributed by atoms with van der Waals surface area (Å²) in [4.78, 5) is 0. The molecule has 0 saturated heterocycles. The molecule has 0 amide bonds. The summed E-state index contributed by atoms with van der Waals surface area (Å²) in [7, 11) is -1.63. The van der Waals surface area contributed by atoms with Crippen LogP contribution in [-0.4, -0.2) is 21.6 Å². The molecule has 0 saturated carbocycles. The summed E-state index contributed by atoms with van der Waals surface area (Å²) in [5.41, 5.74) is 3.09. The molecule has 0 spiro atoms. The molecule has 136 valence electrons. The lowest BCUT2D eigenvalue weighted by Gasteiger charge is -2.10. The molecule has 2 aromatic carbocycles. The third kappa shape index (κ3) is 6.86. The van der Waals surface area contributed by atoms with Crippen molar-refractivity contribution in [3.63, 3.8) is 0 Å². The molecule has 0 fully saturated rings. The lowest BCUT2D eigenvalue weighted by Crippen LogP contribution is -2.31. The summed E-state index contributed by atoms with van der Waals surface area (Å²) < 4.78 is 31.6. The first-order valence-electron chi connectivity index (χ1n) is 8.29. The average molecular weight is 362 g/mol. The summed E-state index contributed by atoms with van der Waals surface area (Å²) in [5.74, 6) is 0.853. The molecule has 0 atom stereocenters. The molecule has 2 rings (SSSR count). The summed E-state index contributed by atoms with van der Waals surface area (Å²) >= 11 is 0. The van der Waals surface area contributed by atoms with Crippen molar-refractivity contribution in [1.29, 1.82) is 0 Å². The van der Waals surface area contributed by atoms with E-state index in [9.17, 15) is 8.42 Å². The van der Waals surface area contributed by atoms with Crippen molar-refractivity contribution in [2.24, 2.45) is 0 Å². The second kappa shape index (κ2) is 8.99. The Hall–Kier alpha value is -1.89. The fraction of sp³-hybridized carbons (Fsp3) is 0.368. The highest BCUT2D eigenvalue weighted by Crippen LogP contribution is 2.12. The first kappa shape index (κ1) is 19.4. The summed E-state index contributed by atoms with van der Waals surface area (Å²) in [6.45, 7) is 5.12. The van der Waals surface area contributed by atoms with Crippen LogP contribution in [0.5, 0.6) is 5.75 Å². The van der Waals surface area contributed by atoms with Crippen LogP contribution in [0.25, 0.3) is 0 Å². The zero-order valence-electron chi connectivity index (χ0n) is 15.0. The molecule has 25 heavy (non-hydrogen) atoms. The van der Waals surface area contributed by atoms with Gasteiger partial charge in [0.15, 0.2) is 0 Å². The molecule has 0 aromatic heterocycles. The number of sulfonamides is 1. The Bertz CT molecular complexity index is 754. The van der Waals surface area contributed by atoms with Crippen LogP contribution in [0.15, 0.2) is 48.5 Å².